The number of nitriles is 1. The lowest BCUT2D eigenvalue weighted by Crippen LogP contribution is -2.57. The van der Waals surface area contributed by atoms with Gasteiger partial charge in [0.15, 0.2) is 12.5 Å². The van der Waals surface area contributed by atoms with Crippen molar-refractivity contribution in [2.45, 2.75) is 25.6 Å². The van der Waals surface area contributed by atoms with Crippen LogP contribution in [0, 0.1) is 17.2 Å². The summed E-state index contributed by atoms with van der Waals surface area (Å²) in [6, 6.07) is 3.02. The van der Waals surface area contributed by atoms with Gasteiger partial charge in [0.05, 0.1) is 13.2 Å². The van der Waals surface area contributed by atoms with E-state index in [1.165, 1.54) is 19.2 Å². The second kappa shape index (κ2) is 6.60. The Balaban J connectivity index is 2.32. The first-order valence-electron chi connectivity index (χ1n) is 6.58. The molecular formula is C13H13F3N4O2. The number of halogens is 3. The quantitative estimate of drug-likeness (QED) is 0.618. The molecule has 1 aliphatic heterocycles. The van der Waals surface area contributed by atoms with Gasteiger partial charge in [0.25, 0.3) is 0 Å². The Hall–Kier alpha value is -2.37. The van der Waals surface area contributed by atoms with E-state index in [0.717, 1.165) is 4.90 Å². The largest absolute Gasteiger partial charge is 0.466 e. The Bertz CT molecular complexity index is 595. The lowest BCUT2D eigenvalue weighted by Gasteiger charge is -2.38. The normalized spacial score (nSPS) is 28.0. The predicted molar refractivity (Wildman–Crippen MR) is 68.9 cm³/mol. The van der Waals surface area contributed by atoms with Gasteiger partial charge in [-0.05, 0) is 13.0 Å². The van der Waals surface area contributed by atoms with Crippen LogP contribution >= 0.6 is 0 Å². The Kier molecular flexibility index (Phi) is 4.80. The monoisotopic (exact) mass is 314 g/mol. The summed E-state index contributed by atoms with van der Waals surface area (Å²) >= 11 is 0. The maximum Gasteiger partial charge on any atom is 0.316 e. The van der Waals surface area contributed by atoms with Crippen molar-refractivity contribution in [3.8, 4) is 6.07 Å². The van der Waals surface area contributed by atoms with Crippen molar-refractivity contribution >= 4 is 11.9 Å². The molecule has 1 aliphatic rings. The van der Waals surface area contributed by atoms with Gasteiger partial charge in [-0.3, -0.25) is 4.79 Å². The molecule has 1 aromatic heterocycles. The number of anilines is 1. The van der Waals surface area contributed by atoms with Crippen molar-refractivity contribution in [2.75, 3.05) is 18.1 Å². The van der Waals surface area contributed by atoms with Gasteiger partial charge in [-0.2, -0.15) is 5.26 Å². The minimum atomic E-state index is -2.32. The second-order valence-corrected chi connectivity index (χ2v) is 4.62. The van der Waals surface area contributed by atoms with E-state index in [-0.39, 0.29) is 18.2 Å². The number of esters is 1. The lowest BCUT2D eigenvalue weighted by atomic mass is 9.93. The molecule has 0 radical (unpaired) electrons. The van der Waals surface area contributed by atoms with Crippen molar-refractivity contribution in [3.63, 3.8) is 0 Å². The van der Waals surface area contributed by atoms with Gasteiger partial charge in [0, 0.05) is 6.20 Å². The highest BCUT2D eigenvalue weighted by atomic mass is 19.2. The van der Waals surface area contributed by atoms with Crippen LogP contribution < -0.4 is 4.90 Å². The van der Waals surface area contributed by atoms with Gasteiger partial charge in [-0.1, -0.05) is 0 Å². The lowest BCUT2D eigenvalue weighted by molar-refractivity contribution is -0.156. The van der Waals surface area contributed by atoms with Crippen LogP contribution in [0.25, 0.3) is 0 Å². The molecule has 9 heteroatoms. The van der Waals surface area contributed by atoms with E-state index >= 15 is 0 Å². The molecule has 6 nitrogen and oxygen atoms in total. The summed E-state index contributed by atoms with van der Waals surface area (Å²) < 4.78 is 46.8. The summed E-state index contributed by atoms with van der Waals surface area (Å²) in [6.07, 6.45) is -5.41. The number of aromatic nitrogens is 2. The summed E-state index contributed by atoms with van der Waals surface area (Å²) in [5.74, 6) is -3.38. The van der Waals surface area contributed by atoms with Crippen LogP contribution in [-0.4, -0.2) is 47.7 Å². The van der Waals surface area contributed by atoms with Crippen LogP contribution in [0.2, 0.25) is 0 Å². The first-order chi connectivity index (χ1) is 10.5. The number of hydrogen-bond acceptors (Lipinski definition) is 6. The fourth-order valence-corrected chi connectivity index (χ4v) is 2.18. The molecule has 118 valence electrons. The van der Waals surface area contributed by atoms with E-state index in [1.54, 1.807) is 6.07 Å². The third kappa shape index (κ3) is 2.95. The van der Waals surface area contributed by atoms with Crippen molar-refractivity contribution in [1.29, 1.82) is 5.26 Å². The maximum absolute atomic E-state index is 14.5. The minimum absolute atomic E-state index is 0.0531. The number of ether oxygens (including phenoxy) is 1. The Labute approximate surface area is 124 Å². The van der Waals surface area contributed by atoms with Gasteiger partial charge < -0.3 is 9.64 Å². The number of nitrogens with zero attached hydrogens (tertiary/aromatic N) is 4. The summed E-state index contributed by atoms with van der Waals surface area (Å²) in [6.45, 7) is 0.741. The second-order valence-electron chi connectivity index (χ2n) is 4.62. The number of carbonyl (C=O) groups is 1. The maximum atomic E-state index is 14.5. The molecule has 0 saturated carbocycles. The van der Waals surface area contributed by atoms with Crippen LogP contribution in [0.15, 0.2) is 12.3 Å². The molecule has 0 aliphatic carbocycles. The smallest absolute Gasteiger partial charge is 0.316 e. The van der Waals surface area contributed by atoms with E-state index in [4.69, 9.17) is 5.26 Å². The van der Waals surface area contributed by atoms with Gasteiger partial charge in [0.2, 0.25) is 5.95 Å². The molecule has 1 aromatic rings. The van der Waals surface area contributed by atoms with Gasteiger partial charge in [-0.25, -0.2) is 23.1 Å². The summed E-state index contributed by atoms with van der Waals surface area (Å²) in [7, 11) is 0. The van der Waals surface area contributed by atoms with Crippen molar-refractivity contribution in [2.24, 2.45) is 5.92 Å². The molecule has 1 fully saturated rings. The number of hydrogen-bond donors (Lipinski definition) is 0. The van der Waals surface area contributed by atoms with Gasteiger partial charge in [-0.15, -0.1) is 0 Å². The molecule has 1 saturated heterocycles. The van der Waals surface area contributed by atoms with Crippen molar-refractivity contribution < 1.29 is 22.7 Å². The number of piperidine rings is 1. The molecule has 0 N–H and O–H groups in total. The molecule has 4 unspecified atom stereocenters. The average molecular weight is 314 g/mol. The average Bonchev–Trinajstić information content (AvgIpc) is 2.51. The zero-order valence-corrected chi connectivity index (χ0v) is 11.6. The highest BCUT2D eigenvalue weighted by Crippen LogP contribution is 2.32. The molecule has 2 rings (SSSR count). The molecule has 0 aromatic carbocycles. The number of alkyl halides is 3. The fourth-order valence-electron chi connectivity index (χ4n) is 2.18. The molecule has 22 heavy (non-hydrogen) atoms. The first-order valence-corrected chi connectivity index (χ1v) is 6.58. The Morgan fingerprint density at radius 2 is 2.27 bits per heavy atom. The van der Waals surface area contributed by atoms with E-state index in [1.807, 2.05) is 0 Å². The van der Waals surface area contributed by atoms with Crippen LogP contribution in [0.3, 0.4) is 0 Å². The zero-order valence-electron chi connectivity index (χ0n) is 11.6. The van der Waals surface area contributed by atoms with E-state index in [0.29, 0.717) is 0 Å². The number of carbonyl (C=O) groups excluding carboxylic acids is 1. The highest BCUT2D eigenvalue weighted by molar-refractivity contribution is 5.75. The third-order valence-corrected chi connectivity index (χ3v) is 3.23. The molecule has 0 amide bonds. The van der Waals surface area contributed by atoms with Crippen LogP contribution in [0.4, 0.5) is 19.1 Å². The molecule has 0 bridgehead atoms. The van der Waals surface area contributed by atoms with Crippen molar-refractivity contribution in [1.82, 2.24) is 9.97 Å². The minimum Gasteiger partial charge on any atom is -0.466 e. The van der Waals surface area contributed by atoms with Crippen LogP contribution in [-0.2, 0) is 9.53 Å². The molecule has 2 heterocycles. The highest BCUT2D eigenvalue weighted by Gasteiger charge is 2.50. The summed E-state index contributed by atoms with van der Waals surface area (Å²) in [5.41, 5.74) is -0.0531. The topological polar surface area (TPSA) is 79.1 Å². The van der Waals surface area contributed by atoms with Gasteiger partial charge >= 0.3 is 5.97 Å². The van der Waals surface area contributed by atoms with E-state index < -0.39 is 37.1 Å². The Morgan fingerprint density at radius 1 is 1.55 bits per heavy atom. The van der Waals surface area contributed by atoms with Crippen LogP contribution in [0.5, 0.6) is 0 Å². The Morgan fingerprint density at radius 3 is 2.91 bits per heavy atom. The van der Waals surface area contributed by atoms with E-state index in [2.05, 4.69) is 14.7 Å². The molecule has 0 spiro atoms. The van der Waals surface area contributed by atoms with Crippen molar-refractivity contribution in [3.05, 3.63) is 18.0 Å². The third-order valence-electron chi connectivity index (χ3n) is 3.23. The van der Waals surface area contributed by atoms with Crippen LogP contribution in [0.1, 0.15) is 12.6 Å². The summed E-state index contributed by atoms with van der Waals surface area (Å²) in [4.78, 5) is 19.9. The number of rotatable bonds is 3. The van der Waals surface area contributed by atoms with Gasteiger partial charge in [0.1, 0.15) is 23.9 Å². The standard InChI is InChI=1S/C13H13F3N4O2/c1-2-22-12(21)9-10(15)8(14)6-20(11(9)16)13-18-4-3-7(5-17)19-13/h3-4,8-11H,2,6H2,1H3. The SMILES string of the molecule is CCOC(=O)C1C(F)C(F)CN(c2nccc(C#N)n2)C1F. The zero-order chi connectivity index (χ0) is 16.3. The molecular weight excluding hydrogens is 301 g/mol. The fraction of sp³-hybridized carbons (Fsp3) is 0.538. The first kappa shape index (κ1) is 16.0. The molecule has 4 atom stereocenters. The predicted octanol–water partition coefficient (Wildman–Crippen LogP) is 1.32. The summed E-state index contributed by atoms with van der Waals surface area (Å²) in [5, 5.41) is 8.77. The van der Waals surface area contributed by atoms with E-state index in [9.17, 15) is 18.0 Å².